The Morgan fingerprint density at radius 1 is 1.31 bits per heavy atom. The molecule has 3 rings (SSSR count). The molecule has 4 heteroatoms. The van der Waals surface area contributed by atoms with E-state index < -0.39 is 5.60 Å². The highest BCUT2D eigenvalue weighted by atomic mass is 16.5. The molecule has 1 N–H and O–H groups in total. The van der Waals surface area contributed by atoms with E-state index in [1.54, 1.807) is 0 Å². The minimum Gasteiger partial charge on any atom is -0.449 e. The van der Waals surface area contributed by atoms with Gasteiger partial charge in [-0.15, -0.1) is 0 Å². The second-order valence-electron chi connectivity index (χ2n) is 8.13. The quantitative estimate of drug-likeness (QED) is 0.667. The molecule has 1 spiro atoms. The Morgan fingerprint density at radius 2 is 2.08 bits per heavy atom. The summed E-state index contributed by atoms with van der Waals surface area (Å²) >= 11 is 0. The predicted octanol–water partition coefficient (Wildman–Crippen LogP) is 3.02. The molecule has 2 aliphatic rings. The SMILES string of the molecule is Cc1ccc(CN2CCCC23CCNCC3)c(C#CC(C)(C)OC=O)c1. The Hall–Kier alpha value is -1.83. The van der Waals surface area contributed by atoms with Crippen molar-refractivity contribution in [2.45, 2.75) is 64.1 Å². The first-order chi connectivity index (χ1) is 12.4. The average molecular weight is 354 g/mol. The third-order valence-corrected chi connectivity index (χ3v) is 5.74. The van der Waals surface area contributed by atoms with Crippen molar-refractivity contribution in [3.8, 4) is 11.8 Å². The number of nitrogens with one attached hydrogen (secondary N) is 1. The number of rotatable bonds is 4. The summed E-state index contributed by atoms with van der Waals surface area (Å²) in [5.74, 6) is 6.38. The minimum absolute atomic E-state index is 0.362. The molecule has 0 bridgehead atoms. The predicted molar refractivity (Wildman–Crippen MR) is 104 cm³/mol. The van der Waals surface area contributed by atoms with Crippen LogP contribution in [0.5, 0.6) is 0 Å². The van der Waals surface area contributed by atoms with E-state index in [1.807, 2.05) is 13.8 Å². The molecule has 0 aromatic heterocycles. The highest BCUT2D eigenvalue weighted by molar-refractivity contribution is 5.46. The topological polar surface area (TPSA) is 41.6 Å². The highest BCUT2D eigenvalue weighted by Crippen LogP contribution is 2.38. The van der Waals surface area contributed by atoms with Crippen molar-refractivity contribution in [3.63, 3.8) is 0 Å². The van der Waals surface area contributed by atoms with Gasteiger partial charge in [0.1, 0.15) is 0 Å². The Balaban J connectivity index is 1.84. The Bertz CT molecular complexity index is 709. The van der Waals surface area contributed by atoms with Gasteiger partial charge in [0.2, 0.25) is 0 Å². The van der Waals surface area contributed by atoms with E-state index in [4.69, 9.17) is 4.74 Å². The van der Waals surface area contributed by atoms with Gasteiger partial charge in [-0.25, -0.2) is 0 Å². The number of hydrogen-bond donors (Lipinski definition) is 1. The van der Waals surface area contributed by atoms with Gasteiger partial charge < -0.3 is 10.1 Å². The van der Waals surface area contributed by atoms with Gasteiger partial charge in [0.25, 0.3) is 6.47 Å². The molecule has 0 unspecified atom stereocenters. The summed E-state index contributed by atoms with van der Waals surface area (Å²) in [6.07, 6.45) is 5.06. The van der Waals surface area contributed by atoms with E-state index in [1.165, 1.54) is 43.4 Å². The number of aryl methyl sites for hydroxylation is 1. The van der Waals surface area contributed by atoms with Crippen LogP contribution in [0.15, 0.2) is 18.2 Å². The molecule has 0 atom stereocenters. The number of ether oxygens (including phenoxy) is 1. The zero-order chi connectivity index (χ0) is 18.6. The van der Waals surface area contributed by atoms with Gasteiger partial charge in [0.15, 0.2) is 5.60 Å². The van der Waals surface area contributed by atoms with Crippen molar-refractivity contribution in [2.75, 3.05) is 19.6 Å². The fraction of sp³-hybridized carbons (Fsp3) is 0.591. The van der Waals surface area contributed by atoms with Gasteiger partial charge in [-0.05, 0) is 83.3 Å². The maximum absolute atomic E-state index is 10.7. The van der Waals surface area contributed by atoms with E-state index in [9.17, 15) is 4.79 Å². The van der Waals surface area contributed by atoms with Gasteiger partial charge in [-0.2, -0.15) is 0 Å². The number of carbonyl (C=O) groups is 1. The third-order valence-electron chi connectivity index (χ3n) is 5.74. The standard InChI is InChI=1S/C22H30N2O2/c1-18-5-6-20(19(15-18)7-9-21(2,3)26-17-25)16-24-14-4-8-22(24)10-12-23-13-11-22/h5-6,15,17,23H,4,8,10-14,16H2,1-3H3. The zero-order valence-electron chi connectivity index (χ0n) is 16.2. The van der Waals surface area contributed by atoms with Crippen LogP contribution in [0.25, 0.3) is 0 Å². The summed E-state index contributed by atoms with van der Waals surface area (Å²) in [4.78, 5) is 13.3. The van der Waals surface area contributed by atoms with Gasteiger partial charge in [0.05, 0.1) is 0 Å². The van der Waals surface area contributed by atoms with Crippen molar-refractivity contribution < 1.29 is 9.53 Å². The smallest absolute Gasteiger partial charge is 0.294 e. The molecule has 0 aliphatic carbocycles. The Kier molecular flexibility index (Phi) is 5.70. The molecule has 4 nitrogen and oxygen atoms in total. The van der Waals surface area contributed by atoms with Crippen LogP contribution in [0.4, 0.5) is 0 Å². The van der Waals surface area contributed by atoms with E-state index in [-0.39, 0.29) is 0 Å². The molecule has 140 valence electrons. The van der Waals surface area contributed by atoms with Crippen LogP contribution >= 0.6 is 0 Å². The molecule has 2 fully saturated rings. The minimum atomic E-state index is -0.771. The van der Waals surface area contributed by atoms with Crippen LogP contribution in [-0.2, 0) is 16.1 Å². The van der Waals surface area contributed by atoms with Gasteiger partial charge in [-0.3, -0.25) is 9.69 Å². The molecule has 0 radical (unpaired) electrons. The Labute approximate surface area is 157 Å². The number of piperidine rings is 1. The van der Waals surface area contributed by atoms with Crippen LogP contribution in [-0.4, -0.2) is 42.1 Å². The number of hydrogen-bond acceptors (Lipinski definition) is 4. The molecule has 1 aromatic rings. The van der Waals surface area contributed by atoms with E-state index in [0.29, 0.717) is 12.0 Å². The molecule has 0 amide bonds. The average Bonchev–Trinajstić information content (AvgIpc) is 2.97. The maximum Gasteiger partial charge on any atom is 0.294 e. The normalized spacial score (nSPS) is 19.8. The van der Waals surface area contributed by atoms with Crippen molar-refractivity contribution in [1.29, 1.82) is 0 Å². The number of benzene rings is 1. The van der Waals surface area contributed by atoms with Gasteiger partial charge >= 0.3 is 0 Å². The summed E-state index contributed by atoms with van der Waals surface area (Å²) in [6.45, 7) is 10.5. The highest BCUT2D eigenvalue weighted by Gasteiger charge is 2.41. The molecule has 0 saturated carbocycles. The largest absolute Gasteiger partial charge is 0.449 e. The monoisotopic (exact) mass is 354 g/mol. The molecule has 26 heavy (non-hydrogen) atoms. The van der Waals surface area contributed by atoms with Gasteiger partial charge in [-0.1, -0.05) is 24.0 Å². The lowest BCUT2D eigenvalue weighted by atomic mass is 9.85. The van der Waals surface area contributed by atoms with Crippen LogP contribution in [0, 0.1) is 18.8 Å². The lowest BCUT2D eigenvalue weighted by Crippen LogP contribution is -2.50. The van der Waals surface area contributed by atoms with Crippen LogP contribution in [0.2, 0.25) is 0 Å². The molecule has 1 aromatic carbocycles. The third kappa shape index (κ3) is 4.28. The second kappa shape index (κ2) is 7.82. The van der Waals surface area contributed by atoms with E-state index in [0.717, 1.165) is 25.2 Å². The maximum atomic E-state index is 10.7. The lowest BCUT2D eigenvalue weighted by molar-refractivity contribution is -0.135. The molecular weight excluding hydrogens is 324 g/mol. The molecule has 2 heterocycles. The summed E-state index contributed by atoms with van der Waals surface area (Å²) in [5, 5.41) is 3.50. The summed E-state index contributed by atoms with van der Waals surface area (Å²) in [5.41, 5.74) is 3.10. The first-order valence-electron chi connectivity index (χ1n) is 9.64. The lowest BCUT2D eigenvalue weighted by Gasteiger charge is -2.42. The fourth-order valence-corrected chi connectivity index (χ4v) is 4.22. The molecular formula is C22H30N2O2. The zero-order valence-corrected chi connectivity index (χ0v) is 16.2. The first-order valence-corrected chi connectivity index (χ1v) is 9.64. The fourth-order valence-electron chi connectivity index (χ4n) is 4.22. The van der Waals surface area contributed by atoms with Crippen LogP contribution in [0.1, 0.15) is 56.2 Å². The number of nitrogens with zero attached hydrogens (tertiary/aromatic N) is 1. The first kappa shape index (κ1) is 18.9. The molecule has 2 aliphatic heterocycles. The van der Waals surface area contributed by atoms with Gasteiger partial charge in [0, 0.05) is 17.6 Å². The van der Waals surface area contributed by atoms with Crippen molar-refractivity contribution in [3.05, 3.63) is 34.9 Å². The molecule has 2 saturated heterocycles. The number of carbonyl (C=O) groups excluding carboxylic acids is 1. The summed E-state index contributed by atoms with van der Waals surface area (Å²) < 4.78 is 5.07. The summed E-state index contributed by atoms with van der Waals surface area (Å²) in [7, 11) is 0. The van der Waals surface area contributed by atoms with E-state index in [2.05, 4.69) is 47.2 Å². The Morgan fingerprint density at radius 3 is 2.81 bits per heavy atom. The summed E-state index contributed by atoms with van der Waals surface area (Å²) in [6, 6.07) is 6.52. The second-order valence-corrected chi connectivity index (χ2v) is 8.13. The van der Waals surface area contributed by atoms with Crippen LogP contribution in [0.3, 0.4) is 0 Å². The van der Waals surface area contributed by atoms with Crippen LogP contribution < -0.4 is 5.32 Å². The van der Waals surface area contributed by atoms with Crippen molar-refractivity contribution in [2.24, 2.45) is 0 Å². The van der Waals surface area contributed by atoms with Crippen molar-refractivity contribution in [1.82, 2.24) is 10.2 Å². The van der Waals surface area contributed by atoms with Crippen molar-refractivity contribution >= 4 is 6.47 Å². The van der Waals surface area contributed by atoms with E-state index >= 15 is 0 Å². The number of likely N-dealkylation sites (tertiary alicyclic amines) is 1.